The molecule has 1 N–H and O–H groups in total. The second-order valence-electron chi connectivity index (χ2n) is 5.61. The number of nitriles is 1. The van der Waals surface area contributed by atoms with Crippen LogP contribution in [0.25, 0.3) is 0 Å². The predicted molar refractivity (Wildman–Crippen MR) is 78.8 cm³/mol. The van der Waals surface area contributed by atoms with Gasteiger partial charge >= 0.3 is 5.97 Å². The summed E-state index contributed by atoms with van der Waals surface area (Å²) in [7, 11) is 1.54. The molecule has 1 aliphatic heterocycles. The first-order valence-corrected chi connectivity index (χ1v) is 6.97. The minimum absolute atomic E-state index is 0.0396. The summed E-state index contributed by atoms with van der Waals surface area (Å²) in [4.78, 5) is 24.7. The monoisotopic (exact) mass is 302 g/mol. The second-order valence-corrected chi connectivity index (χ2v) is 5.61. The molecular weight excluding hydrogens is 284 g/mol. The molecule has 0 aromatic heterocycles. The molecular formula is C16H18N2O4. The van der Waals surface area contributed by atoms with Crippen LogP contribution in [0.15, 0.2) is 6.07 Å². The Morgan fingerprint density at radius 1 is 1.55 bits per heavy atom. The molecule has 22 heavy (non-hydrogen) atoms. The molecule has 1 aliphatic rings. The molecule has 6 heteroatoms. The fourth-order valence-electron chi connectivity index (χ4n) is 3.02. The summed E-state index contributed by atoms with van der Waals surface area (Å²) in [5.74, 6) is -0.891. The van der Waals surface area contributed by atoms with E-state index in [1.807, 2.05) is 13.8 Å². The predicted octanol–water partition coefficient (Wildman–Crippen LogP) is 2.23. The largest absolute Gasteiger partial charge is 0.496 e. The number of methoxy groups -OCH3 is 1. The highest BCUT2D eigenvalue weighted by atomic mass is 16.5. The quantitative estimate of drug-likeness (QED) is 0.921. The Bertz CT molecular complexity index is 688. The second kappa shape index (κ2) is 5.68. The number of carboxylic acid groups (broad SMARTS) is 1. The zero-order valence-electron chi connectivity index (χ0n) is 13.0. The number of aliphatic carboxylic acids is 1. The molecule has 1 aromatic carbocycles. The van der Waals surface area contributed by atoms with Crippen LogP contribution in [0.4, 0.5) is 0 Å². The number of rotatable bonds is 4. The number of nitrogens with zero attached hydrogens (tertiary/aromatic N) is 2. The van der Waals surface area contributed by atoms with Crippen LogP contribution in [0, 0.1) is 18.3 Å². The van der Waals surface area contributed by atoms with Gasteiger partial charge in [-0.25, -0.2) is 0 Å². The molecule has 0 fully saturated rings. The van der Waals surface area contributed by atoms with E-state index < -0.39 is 24.5 Å². The molecule has 0 spiro atoms. The van der Waals surface area contributed by atoms with Gasteiger partial charge in [0.05, 0.1) is 13.2 Å². The van der Waals surface area contributed by atoms with Gasteiger partial charge in [-0.3, -0.25) is 9.59 Å². The fraction of sp³-hybridized carbons (Fsp3) is 0.438. The van der Waals surface area contributed by atoms with Gasteiger partial charge in [0.2, 0.25) is 0 Å². The first-order valence-electron chi connectivity index (χ1n) is 6.97. The molecule has 2 rings (SSSR count). The summed E-state index contributed by atoms with van der Waals surface area (Å²) in [6.45, 7) is 5.17. The van der Waals surface area contributed by atoms with Crippen molar-refractivity contribution in [3.8, 4) is 11.8 Å². The normalized spacial score (nSPS) is 16.6. The number of amides is 1. The maximum atomic E-state index is 12.6. The smallest absolute Gasteiger partial charge is 0.323 e. The minimum atomic E-state index is -1.14. The van der Waals surface area contributed by atoms with Crippen LogP contribution in [0.3, 0.4) is 0 Å². The van der Waals surface area contributed by atoms with Gasteiger partial charge in [-0.15, -0.1) is 0 Å². The zero-order valence-corrected chi connectivity index (χ0v) is 13.0. The number of carbonyl (C=O) groups excluding carboxylic acids is 1. The van der Waals surface area contributed by atoms with Crippen molar-refractivity contribution in [2.24, 2.45) is 0 Å². The van der Waals surface area contributed by atoms with E-state index in [1.54, 1.807) is 20.1 Å². The van der Waals surface area contributed by atoms with E-state index in [1.165, 1.54) is 0 Å². The van der Waals surface area contributed by atoms with Crippen molar-refractivity contribution in [2.45, 2.75) is 32.7 Å². The summed E-state index contributed by atoms with van der Waals surface area (Å²) < 4.78 is 5.40. The lowest BCUT2D eigenvalue weighted by Gasteiger charge is -2.21. The van der Waals surface area contributed by atoms with Crippen LogP contribution in [0.2, 0.25) is 0 Å². The molecule has 1 amide bonds. The number of benzene rings is 1. The van der Waals surface area contributed by atoms with Crippen molar-refractivity contribution < 1.29 is 19.4 Å². The number of ether oxygens (including phenoxy) is 1. The number of hydrogen-bond donors (Lipinski definition) is 1. The minimum Gasteiger partial charge on any atom is -0.496 e. The Morgan fingerprint density at radius 2 is 2.18 bits per heavy atom. The Morgan fingerprint density at radius 3 is 2.64 bits per heavy atom. The van der Waals surface area contributed by atoms with E-state index in [4.69, 9.17) is 9.84 Å². The molecule has 6 nitrogen and oxygen atoms in total. The van der Waals surface area contributed by atoms with Crippen molar-refractivity contribution in [2.75, 3.05) is 13.7 Å². The third-order valence-electron chi connectivity index (χ3n) is 3.85. The van der Waals surface area contributed by atoms with Crippen molar-refractivity contribution in [1.29, 1.82) is 5.26 Å². The summed E-state index contributed by atoms with van der Waals surface area (Å²) in [5, 5.41) is 18.5. The summed E-state index contributed by atoms with van der Waals surface area (Å²) >= 11 is 0. The average molecular weight is 302 g/mol. The molecule has 0 aliphatic carbocycles. The van der Waals surface area contributed by atoms with Gasteiger partial charge in [0.25, 0.3) is 5.91 Å². The lowest BCUT2D eigenvalue weighted by molar-refractivity contribution is -0.137. The van der Waals surface area contributed by atoms with E-state index >= 15 is 0 Å². The van der Waals surface area contributed by atoms with Crippen LogP contribution < -0.4 is 4.74 Å². The van der Waals surface area contributed by atoms with Gasteiger partial charge in [0.1, 0.15) is 18.3 Å². The van der Waals surface area contributed by atoms with Crippen molar-refractivity contribution in [3.05, 3.63) is 28.3 Å². The highest BCUT2D eigenvalue weighted by molar-refractivity contribution is 6.03. The Kier molecular flexibility index (Phi) is 4.09. The first-order chi connectivity index (χ1) is 10.3. The van der Waals surface area contributed by atoms with Gasteiger partial charge in [0, 0.05) is 16.7 Å². The third-order valence-corrected chi connectivity index (χ3v) is 3.85. The molecule has 0 saturated heterocycles. The molecule has 116 valence electrons. The SMILES string of the molecule is COc1cc(C)c2c(c1C(C)C)C(C#N)N(CC(=O)O)C2=O. The third kappa shape index (κ3) is 2.29. The number of hydrogen-bond acceptors (Lipinski definition) is 4. The fourth-order valence-corrected chi connectivity index (χ4v) is 3.02. The Hall–Kier alpha value is -2.55. The summed E-state index contributed by atoms with van der Waals surface area (Å²) in [5.41, 5.74) is 2.49. The maximum absolute atomic E-state index is 12.6. The lowest BCUT2D eigenvalue weighted by Crippen LogP contribution is -2.33. The van der Waals surface area contributed by atoms with Crippen molar-refractivity contribution >= 4 is 11.9 Å². The van der Waals surface area contributed by atoms with Crippen LogP contribution in [0.1, 0.15) is 52.9 Å². The molecule has 1 aromatic rings. The van der Waals surface area contributed by atoms with Gasteiger partial charge in [-0.2, -0.15) is 5.26 Å². The molecule has 0 radical (unpaired) electrons. The number of carboxylic acids is 1. The van der Waals surface area contributed by atoms with E-state index in [9.17, 15) is 14.9 Å². The van der Waals surface area contributed by atoms with Crippen LogP contribution >= 0.6 is 0 Å². The standard InChI is InChI=1S/C16H18N2O4/c1-8(2)13-11(22-4)5-9(3)14-15(13)10(6-17)18(16(14)21)7-12(19)20/h5,8,10H,7H2,1-4H3,(H,19,20). The van der Waals surface area contributed by atoms with Gasteiger partial charge in [-0.05, 0) is 24.5 Å². The van der Waals surface area contributed by atoms with Crippen LogP contribution in [0.5, 0.6) is 5.75 Å². The van der Waals surface area contributed by atoms with Crippen LogP contribution in [-0.2, 0) is 4.79 Å². The van der Waals surface area contributed by atoms with E-state index in [-0.39, 0.29) is 5.92 Å². The topological polar surface area (TPSA) is 90.6 Å². The average Bonchev–Trinajstić information content (AvgIpc) is 2.70. The maximum Gasteiger partial charge on any atom is 0.323 e. The Labute approximate surface area is 128 Å². The lowest BCUT2D eigenvalue weighted by atomic mass is 9.88. The number of fused-ring (bicyclic) bond motifs is 1. The van der Waals surface area contributed by atoms with Gasteiger partial charge in [0.15, 0.2) is 0 Å². The number of carbonyl (C=O) groups is 2. The first kappa shape index (κ1) is 15.8. The zero-order chi connectivity index (χ0) is 16.6. The molecule has 1 unspecified atom stereocenters. The van der Waals surface area contributed by atoms with Crippen molar-refractivity contribution in [3.63, 3.8) is 0 Å². The molecule has 0 bridgehead atoms. The Balaban J connectivity index is 2.75. The van der Waals surface area contributed by atoms with Crippen LogP contribution in [-0.4, -0.2) is 35.5 Å². The number of aryl methyl sites for hydroxylation is 1. The van der Waals surface area contributed by atoms with Gasteiger partial charge in [-0.1, -0.05) is 13.8 Å². The summed E-state index contributed by atoms with van der Waals surface area (Å²) in [6.07, 6.45) is 0. The molecule has 1 atom stereocenters. The van der Waals surface area contributed by atoms with E-state index in [2.05, 4.69) is 6.07 Å². The molecule has 0 saturated carbocycles. The highest BCUT2D eigenvalue weighted by Gasteiger charge is 2.42. The van der Waals surface area contributed by atoms with E-state index in [0.29, 0.717) is 22.4 Å². The molecule has 1 heterocycles. The van der Waals surface area contributed by atoms with Crippen molar-refractivity contribution in [1.82, 2.24) is 4.90 Å². The highest BCUT2D eigenvalue weighted by Crippen LogP contribution is 2.44. The van der Waals surface area contributed by atoms with Gasteiger partial charge < -0.3 is 14.7 Å². The summed E-state index contributed by atoms with van der Waals surface area (Å²) in [6, 6.07) is 2.94. The van der Waals surface area contributed by atoms with E-state index in [0.717, 1.165) is 10.5 Å².